The van der Waals surface area contributed by atoms with Gasteiger partial charge in [-0.1, -0.05) is 0 Å². The van der Waals surface area contributed by atoms with E-state index in [-0.39, 0.29) is 23.4 Å². The standard InChI is InChI=1S/C15H23FN2O2S/c1-11-9-15(13(10-14(11)16)12(2)17-3)18-5-4-7-21(19,20)8-6-18/h9-10,12,17H,4-8H2,1-3H3. The zero-order valence-electron chi connectivity index (χ0n) is 12.8. The third-order valence-electron chi connectivity index (χ3n) is 4.10. The number of benzene rings is 1. The molecule has 1 saturated heterocycles. The molecule has 21 heavy (non-hydrogen) atoms. The molecule has 0 radical (unpaired) electrons. The highest BCUT2D eigenvalue weighted by atomic mass is 32.2. The number of aryl methyl sites for hydroxylation is 1. The van der Waals surface area contributed by atoms with Crippen molar-refractivity contribution in [2.75, 3.05) is 36.5 Å². The lowest BCUT2D eigenvalue weighted by Gasteiger charge is -2.28. The molecule has 1 aromatic rings. The highest BCUT2D eigenvalue weighted by Crippen LogP contribution is 2.30. The molecule has 1 atom stereocenters. The number of halogens is 1. The van der Waals surface area contributed by atoms with E-state index in [9.17, 15) is 12.8 Å². The molecule has 0 saturated carbocycles. The molecule has 1 fully saturated rings. The molecule has 0 spiro atoms. The molecular weight excluding hydrogens is 291 g/mol. The van der Waals surface area contributed by atoms with Gasteiger partial charge < -0.3 is 10.2 Å². The van der Waals surface area contributed by atoms with Crippen LogP contribution in [0.2, 0.25) is 0 Å². The summed E-state index contributed by atoms with van der Waals surface area (Å²) in [4.78, 5) is 2.07. The van der Waals surface area contributed by atoms with Crippen molar-refractivity contribution < 1.29 is 12.8 Å². The first-order chi connectivity index (χ1) is 9.84. The van der Waals surface area contributed by atoms with Gasteiger partial charge in [-0.2, -0.15) is 0 Å². The first kappa shape index (κ1) is 16.2. The summed E-state index contributed by atoms with van der Waals surface area (Å²) < 4.78 is 37.4. The van der Waals surface area contributed by atoms with Gasteiger partial charge in [-0.25, -0.2) is 12.8 Å². The van der Waals surface area contributed by atoms with E-state index >= 15 is 0 Å². The molecule has 2 rings (SSSR count). The first-order valence-corrected chi connectivity index (χ1v) is 9.09. The second-order valence-corrected chi connectivity index (χ2v) is 7.97. The normalized spacial score (nSPS) is 20.1. The lowest BCUT2D eigenvalue weighted by atomic mass is 10.0. The largest absolute Gasteiger partial charge is 0.370 e. The summed E-state index contributed by atoms with van der Waals surface area (Å²) in [5.41, 5.74) is 2.40. The van der Waals surface area contributed by atoms with Crippen LogP contribution in [0.25, 0.3) is 0 Å². The van der Waals surface area contributed by atoms with Crippen molar-refractivity contribution >= 4 is 15.5 Å². The van der Waals surface area contributed by atoms with E-state index in [4.69, 9.17) is 0 Å². The Morgan fingerprint density at radius 1 is 1.29 bits per heavy atom. The van der Waals surface area contributed by atoms with Crippen LogP contribution in [0.3, 0.4) is 0 Å². The summed E-state index contributed by atoms with van der Waals surface area (Å²) in [5, 5.41) is 3.13. The zero-order valence-corrected chi connectivity index (χ0v) is 13.6. The number of rotatable bonds is 3. The Morgan fingerprint density at radius 3 is 2.67 bits per heavy atom. The molecule has 1 unspecified atom stereocenters. The molecule has 0 aliphatic carbocycles. The average molecular weight is 314 g/mol. The SMILES string of the molecule is CNC(C)c1cc(F)c(C)cc1N1CCCS(=O)(=O)CC1. The van der Waals surface area contributed by atoms with Gasteiger partial charge in [0.25, 0.3) is 0 Å². The van der Waals surface area contributed by atoms with E-state index in [0.29, 0.717) is 25.1 Å². The Labute approximate surface area is 126 Å². The van der Waals surface area contributed by atoms with Crippen molar-refractivity contribution in [3.63, 3.8) is 0 Å². The Hall–Kier alpha value is -1.14. The molecular formula is C15H23FN2O2S. The maximum Gasteiger partial charge on any atom is 0.152 e. The maximum absolute atomic E-state index is 13.9. The monoisotopic (exact) mass is 314 g/mol. The van der Waals surface area contributed by atoms with Crippen molar-refractivity contribution in [3.05, 3.63) is 29.1 Å². The summed E-state index contributed by atoms with van der Waals surface area (Å²) in [6, 6.07) is 3.40. The van der Waals surface area contributed by atoms with Gasteiger partial charge >= 0.3 is 0 Å². The van der Waals surface area contributed by atoms with Crippen LogP contribution >= 0.6 is 0 Å². The van der Waals surface area contributed by atoms with Crippen molar-refractivity contribution in [1.82, 2.24) is 5.32 Å². The Morgan fingerprint density at radius 2 is 2.00 bits per heavy atom. The minimum Gasteiger partial charge on any atom is -0.370 e. The minimum atomic E-state index is -2.95. The van der Waals surface area contributed by atoms with Crippen LogP contribution < -0.4 is 10.2 Å². The van der Waals surface area contributed by atoms with E-state index in [0.717, 1.165) is 11.3 Å². The third kappa shape index (κ3) is 3.74. The van der Waals surface area contributed by atoms with Gasteiger partial charge in [-0.05, 0) is 50.6 Å². The Bertz CT molecular complexity index is 616. The number of hydrogen-bond donors (Lipinski definition) is 1. The van der Waals surface area contributed by atoms with E-state index < -0.39 is 9.84 Å². The summed E-state index contributed by atoms with van der Waals surface area (Å²) in [7, 11) is -1.12. The van der Waals surface area contributed by atoms with Crippen LogP contribution in [-0.4, -0.2) is 40.1 Å². The summed E-state index contributed by atoms with van der Waals surface area (Å²) in [6.07, 6.45) is 0.617. The molecule has 1 N–H and O–H groups in total. The zero-order chi connectivity index (χ0) is 15.6. The molecule has 6 heteroatoms. The van der Waals surface area contributed by atoms with Crippen LogP contribution in [-0.2, 0) is 9.84 Å². The summed E-state index contributed by atoms with van der Waals surface area (Å²) in [6.45, 7) is 4.87. The predicted octanol–water partition coefficient (Wildman–Crippen LogP) is 2.04. The lowest BCUT2D eigenvalue weighted by Crippen LogP contribution is -2.29. The number of nitrogens with one attached hydrogen (secondary N) is 1. The van der Waals surface area contributed by atoms with E-state index in [1.807, 2.05) is 20.0 Å². The number of sulfone groups is 1. The van der Waals surface area contributed by atoms with Crippen LogP contribution in [0, 0.1) is 12.7 Å². The van der Waals surface area contributed by atoms with Gasteiger partial charge in [-0.15, -0.1) is 0 Å². The molecule has 4 nitrogen and oxygen atoms in total. The molecule has 1 heterocycles. The smallest absolute Gasteiger partial charge is 0.152 e. The average Bonchev–Trinajstić information content (AvgIpc) is 2.61. The highest BCUT2D eigenvalue weighted by Gasteiger charge is 2.23. The molecule has 1 aliphatic rings. The Kier molecular flexibility index (Phi) is 4.88. The molecule has 118 valence electrons. The van der Waals surface area contributed by atoms with Crippen molar-refractivity contribution in [3.8, 4) is 0 Å². The highest BCUT2D eigenvalue weighted by molar-refractivity contribution is 7.91. The van der Waals surface area contributed by atoms with Gasteiger partial charge in [0.05, 0.1) is 11.5 Å². The topological polar surface area (TPSA) is 49.4 Å². The van der Waals surface area contributed by atoms with Gasteiger partial charge in [-0.3, -0.25) is 0 Å². The third-order valence-corrected chi connectivity index (χ3v) is 5.82. The number of hydrogen-bond acceptors (Lipinski definition) is 4. The van der Waals surface area contributed by atoms with Crippen molar-refractivity contribution in [2.45, 2.75) is 26.3 Å². The van der Waals surface area contributed by atoms with Crippen LogP contribution in [0.1, 0.15) is 30.5 Å². The molecule has 1 aromatic carbocycles. The molecule has 0 bridgehead atoms. The fraction of sp³-hybridized carbons (Fsp3) is 0.600. The van der Waals surface area contributed by atoms with Gasteiger partial charge in [0.15, 0.2) is 9.84 Å². The summed E-state index contributed by atoms with van der Waals surface area (Å²) in [5.74, 6) is 0.176. The van der Waals surface area contributed by atoms with E-state index in [1.165, 1.54) is 0 Å². The second-order valence-electron chi connectivity index (χ2n) is 5.66. The summed E-state index contributed by atoms with van der Waals surface area (Å²) >= 11 is 0. The van der Waals surface area contributed by atoms with Crippen LogP contribution in [0.4, 0.5) is 10.1 Å². The quantitative estimate of drug-likeness (QED) is 0.927. The fourth-order valence-electron chi connectivity index (χ4n) is 2.64. The second kappa shape index (κ2) is 6.32. The van der Waals surface area contributed by atoms with E-state index in [1.54, 1.807) is 13.0 Å². The predicted molar refractivity (Wildman–Crippen MR) is 84.1 cm³/mol. The van der Waals surface area contributed by atoms with Crippen LogP contribution in [0.15, 0.2) is 12.1 Å². The molecule has 1 aliphatic heterocycles. The van der Waals surface area contributed by atoms with E-state index in [2.05, 4.69) is 10.2 Å². The fourth-order valence-corrected chi connectivity index (χ4v) is 3.91. The van der Waals surface area contributed by atoms with Gasteiger partial charge in [0.2, 0.25) is 0 Å². The number of nitrogens with zero attached hydrogens (tertiary/aromatic N) is 1. The maximum atomic E-state index is 13.9. The number of anilines is 1. The first-order valence-electron chi connectivity index (χ1n) is 7.27. The molecule has 0 amide bonds. The van der Waals surface area contributed by atoms with Crippen molar-refractivity contribution in [1.29, 1.82) is 0 Å². The molecule has 0 aromatic heterocycles. The van der Waals surface area contributed by atoms with Gasteiger partial charge in [0.1, 0.15) is 5.82 Å². The lowest BCUT2D eigenvalue weighted by molar-refractivity contribution is 0.596. The minimum absolute atomic E-state index is 0.00922. The Balaban J connectivity index is 2.40. The van der Waals surface area contributed by atoms with Gasteiger partial charge in [0, 0.05) is 24.8 Å². The van der Waals surface area contributed by atoms with Crippen LogP contribution in [0.5, 0.6) is 0 Å². The van der Waals surface area contributed by atoms with Crippen molar-refractivity contribution in [2.24, 2.45) is 0 Å².